The van der Waals surface area contributed by atoms with Crippen molar-refractivity contribution in [1.82, 2.24) is 5.32 Å². The van der Waals surface area contributed by atoms with Crippen molar-refractivity contribution in [2.45, 2.75) is 33.1 Å². The Hall–Kier alpha value is -2.20. The number of rotatable bonds is 6. The summed E-state index contributed by atoms with van der Waals surface area (Å²) in [5.41, 5.74) is 6.91. The van der Waals surface area contributed by atoms with Gasteiger partial charge in [-0.3, -0.25) is 4.79 Å². The number of nitrogens with one attached hydrogen (secondary N) is 1. The Labute approximate surface area is 152 Å². The summed E-state index contributed by atoms with van der Waals surface area (Å²) in [4.78, 5) is 23.7. The number of carbonyl (C=O) groups excluding carboxylic acids is 2. The third-order valence-electron chi connectivity index (χ3n) is 4.33. The highest BCUT2D eigenvalue weighted by Gasteiger charge is 2.39. The molecule has 0 saturated carbocycles. The first kappa shape index (κ1) is 19.1. The Morgan fingerprint density at radius 3 is 2.80 bits per heavy atom. The van der Waals surface area contributed by atoms with E-state index in [2.05, 4.69) is 23.5 Å². The number of hydrogen-bond acceptors (Lipinski definition) is 6. The molecular formula is C18H23N3O3S. The van der Waals surface area contributed by atoms with Crippen LogP contribution in [0.15, 0.2) is 34.0 Å². The summed E-state index contributed by atoms with van der Waals surface area (Å²) in [6.45, 7) is 3.84. The van der Waals surface area contributed by atoms with Gasteiger partial charge in [-0.05, 0) is 39.0 Å². The largest absolute Gasteiger partial charge is 0.463 e. The molecule has 1 amide bonds. The molecule has 25 heavy (non-hydrogen) atoms. The molecule has 0 aromatic rings. The van der Waals surface area contributed by atoms with E-state index in [0.29, 0.717) is 21.9 Å². The van der Waals surface area contributed by atoms with Crippen molar-refractivity contribution in [3.05, 3.63) is 34.0 Å². The first-order valence-electron chi connectivity index (χ1n) is 8.34. The van der Waals surface area contributed by atoms with E-state index < -0.39 is 11.9 Å². The van der Waals surface area contributed by atoms with Crippen LogP contribution in [0.4, 0.5) is 0 Å². The van der Waals surface area contributed by atoms with Gasteiger partial charge in [-0.25, -0.2) is 4.79 Å². The van der Waals surface area contributed by atoms with Crippen LogP contribution >= 0.6 is 11.8 Å². The van der Waals surface area contributed by atoms with Gasteiger partial charge < -0.3 is 15.8 Å². The molecule has 2 aliphatic rings. The maximum Gasteiger partial charge on any atom is 0.336 e. The number of amides is 1. The zero-order valence-corrected chi connectivity index (χ0v) is 15.3. The van der Waals surface area contributed by atoms with Gasteiger partial charge in [0.05, 0.1) is 34.6 Å². The zero-order chi connectivity index (χ0) is 18.4. The second kappa shape index (κ2) is 8.77. The van der Waals surface area contributed by atoms with Gasteiger partial charge in [-0.15, -0.1) is 0 Å². The zero-order valence-electron chi connectivity index (χ0n) is 14.5. The third-order valence-corrected chi connectivity index (χ3v) is 5.37. The first-order valence-corrected chi connectivity index (χ1v) is 9.33. The molecule has 2 rings (SSSR count). The molecule has 0 saturated heterocycles. The molecule has 2 unspecified atom stereocenters. The molecule has 2 atom stereocenters. The fourth-order valence-electron chi connectivity index (χ4n) is 3.28. The molecule has 1 aliphatic carbocycles. The van der Waals surface area contributed by atoms with Gasteiger partial charge in [0.25, 0.3) is 0 Å². The van der Waals surface area contributed by atoms with Crippen molar-refractivity contribution in [1.29, 1.82) is 5.26 Å². The third kappa shape index (κ3) is 4.45. The minimum Gasteiger partial charge on any atom is -0.463 e. The SMILES string of the molecule is CCOC(=O)C1=C(C)NC(SCC(N)=O)=C(C#N)C1C1CC=CCC1. The highest BCUT2D eigenvalue weighted by atomic mass is 32.2. The van der Waals surface area contributed by atoms with Crippen molar-refractivity contribution in [3.8, 4) is 6.07 Å². The van der Waals surface area contributed by atoms with Crippen LogP contribution in [0.3, 0.4) is 0 Å². The van der Waals surface area contributed by atoms with Crippen LogP contribution in [-0.2, 0) is 14.3 Å². The van der Waals surface area contributed by atoms with Crippen LogP contribution in [0.25, 0.3) is 0 Å². The molecule has 0 aromatic heterocycles. The van der Waals surface area contributed by atoms with E-state index in [1.165, 1.54) is 11.8 Å². The fourth-order valence-corrected chi connectivity index (χ4v) is 4.12. The van der Waals surface area contributed by atoms with Crippen LogP contribution in [-0.4, -0.2) is 24.2 Å². The summed E-state index contributed by atoms with van der Waals surface area (Å²) >= 11 is 1.20. The summed E-state index contributed by atoms with van der Waals surface area (Å²) < 4.78 is 5.23. The number of ether oxygens (including phenoxy) is 1. The number of hydrogen-bond donors (Lipinski definition) is 2. The lowest BCUT2D eigenvalue weighted by Crippen LogP contribution is -2.34. The summed E-state index contributed by atoms with van der Waals surface area (Å²) in [6, 6.07) is 2.25. The Morgan fingerprint density at radius 2 is 2.24 bits per heavy atom. The van der Waals surface area contributed by atoms with Crippen LogP contribution in [0.1, 0.15) is 33.1 Å². The quantitative estimate of drug-likeness (QED) is 0.556. The topological polar surface area (TPSA) is 105 Å². The molecule has 0 fully saturated rings. The highest BCUT2D eigenvalue weighted by molar-refractivity contribution is 8.03. The van der Waals surface area contributed by atoms with E-state index >= 15 is 0 Å². The molecule has 0 spiro atoms. The number of thioether (sulfide) groups is 1. The normalized spacial score (nSPS) is 23.1. The molecule has 7 heteroatoms. The molecule has 0 bridgehead atoms. The van der Waals surface area contributed by atoms with Gasteiger partial charge in [-0.1, -0.05) is 23.9 Å². The lowest BCUT2D eigenvalue weighted by Gasteiger charge is -2.34. The molecule has 3 N–H and O–H groups in total. The summed E-state index contributed by atoms with van der Waals surface area (Å²) in [7, 11) is 0. The maximum absolute atomic E-state index is 12.5. The van der Waals surface area contributed by atoms with Gasteiger partial charge in [0.15, 0.2) is 0 Å². The number of carbonyl (C=O) groups is 2. The van der Waals surface area contributed by atoms with E-state index in [1.54, 1.807) is 13.8 Å². The first-order chi connectivity index (χ1) is 12.0. The molecular weight excluding hydrogens is 338 g/mol. The lowest BCUT2D eigenvalue weighted by molar-refractivity contribution is -0.139. The Morgan fingerprint density at radius 1 is 1.48 bits per heavy atom. The van der Waals surface area contributed by atoms with Crippen molar-refractivity contribution in [3.63, 3.8) is 0 Å². The number of dihydropyridines is 1. The monoisotopic (exact) mass is 361 g/mol. The van der Waals surface area contributed by atoms with Crippen LogP contribution in [0.5, 0.6) is 0 Å². The predicted molar refractivity (Wildman–Crippen MR) is 96.7 cm³/mol. The van der Waals surface area contributed by atoms with Crippen LogP contribution in [0.2, 0.25) is 0 Å². The Kier molecular flexibility index (Phi) is 6.71. The number of primary amides is 1. The molecule has 0 radical (unpaired) electrons. The van der Waals surface area contributed by atoms with Gasteiger partial charge in [-0.2, -0.15) is 5.26 Å². The molecule has 0 aromatic carbocycles. The van der Waals surface area contributed by atoms with Crippen molar-refractivity contribution in [2.75, 3.05) is 12.4 Å². The molecule has 6 nitrogen and oxygen atoms in total. The number of nitrogens with zero attached hydrogens (tertiary/aromatic N) is 1. The average Bonchev–Trinajstić information content (AvgIpc) is 2.60. The lowest BCUT2D eigenvalue weighted by atomic mass is 9.73. The second-order valence-electron chi connectivity index (χ2n) is 6.02. The number of allylic oxidation sites excluding steroid dienone is 4. The predicted octanol–water partition coefficient (Wildman–Crippen LogP) is 2.35. The Balaban J connectivity index is 2.44. The Bertz CT molecular complexity index is 688. The minimum atomic E-state index is -0.452. The molecule has 134 valence electrons. The van der Waals surface area contributed by atoms with E-state index in [0.717, 1.165) is 19.3 Å². The number of esters is 1. The van der Waals surface area contributed by atoms with Crippen molar-refractivity contribution >= 4 is 23.6 Å². The fraction of sp³-hybridized carbons (Fsp3) is 0.500. The number of nitrogens with two attached hydrogens (primary N) is 1. The molecule has 1 aliphatic heterocycles. The van der Waals surface area contributed by atoms with Crippen LogP contribution in [0, 0.1) is 23.2 Å². The highest BCUT2D eigenvalue weighted by Crippen LogP contribution is 2.42. The van der Waals surface area contributed by atoms with Crippen molar-refractivity contribution < 1.29 is 14.3 Å². The van der Waals surface area contributed by atoms with Crippen molar-refractivity contribution in [2.24, 2.45) is 17.6 Å². The minimum absolute atomic E-state index is 0.0762. The maximum atomic E-state index is 12.5. The van der Waals surface area contributed by atoms with E-state index in [4.69, 9.17) is 10.5 Å². The molecule has 1 heterocycles. The average molecular weight is 361 g/mol. The van der Waals surface area contributed by atoms with E-state index in [1.807, 2.05) is 0 Å². The standard InChI is InChI=1S/C18H23N3O3S/c1-3-24-18(23)15-11(2)21-17(25-10-14(20)22)13(9-19)16(15)12-7-5-4-6-8-12/h4-5,12,16,21H,3,6-8,10H2,1-2H3,(H2,20,22). The second-order valence-corrected chi connectivity index (χ2v) is 7.00. The van der Waals surface area contributed by atoms with E-state index in [-0.39, 0.29) is 24.2 Å². The van der Waals surface area contributed by atoms with Gasteiger partial charge >= 0.3 is 5.97 Å². The summed E-state index contributed by atoms with van der Waals surface area (Å²) in [5, 5.41) is 13.5. The smallest absolute Gasteiger partial charge is 0.336 e. The number of nitriles is 1. The van der Waals surface area contributed by atoms with Gasteiger partial charge in [0, 0.05) is 11.6 Å². The van der Waals surface area contributed by atoms with Crippen LogP contribution < -0.4 is 11.1 Å². The summed E-state index contributed by atoms with van der Waals surface area (Å²) in [5.74, 6) is -0.941. The summed E-state index contributed by atoms with van der Waals surface area (Å²) in [6.07, 6.45) is 6.85. The van der Waals surface area contributed by atoms with E-state index in [9.17, 15) is 14.9 Å². The van der Waals surface area contributed by atoms with Gasteiger partial charge in [0.1, 0.15) is 0 Å². The van der Waals surface area contributed by atoms with Gasteiger partial charge in [0.2, 0.25) is 5.91 Å².